The third-order valence-corrected chi connectivity index (χ3v) is 6.93. The van der Waals surface area contributed by atoms with Crippen LogP contribution in [0.1, 0.15) is 42.7 Å². The van der Waals surface area contributed by atoms with Crippen molar-refractivity contribution in [3.8, 4) is 5.75 Å². The lowest BCUT2D eigenvalue weighted by Crippen LogP contribution is -2.47. The number of carbonyl (C=O) groups is 2. The molecule has 0 spiro atoms. The van der Waals surface area contributed by atoms with E-state index in [0.29, 0.717) is 30.3 Å². The van der Waals surface area contributed by atoms with Crippen LogP contribution in [0.2, 0.25) is 0 Å². The molecule has 2 fully saturated rings. The number of aliphatic hydroxyl groups excluding tert-OH is 1. The monoisotopic (exact) mass is 519 g/mol. The molecule has 8 nitrogen and oxygen atoms in total. The van der Waals surface area contributed by atoms with Crippen LogP contribution in [0.3, 0.4) is 0 Å². The largest absolute Gasteiger partial charge is 0.487 e. The highest BCUT2D eigenvalue weighted by Gasteiger charge is 2.46. The molecule has 2 aromatic carbocycles. The van der Waals surface area contributed by atoms with Gasteiger partial charge in [0.15, 0.2) is 0 Å². The average Bonchev–Trinajstić information content (AvgIpc) is 3.62. The van der Waals surface area contributed by atoms with E-state index in [1.54, 1.807) is 18.2 Å². The number of hydrogen-bond acceptors (Lipinski definition) is 5. The van der Waals surface area contributed by atoms with Gasteiger partial charge in [0, 0.05) is 29.4 Å². The number of urea groups is 1. The Kier molecular flexibility index (Phi) is 7.00. The van der Waals surface area contributed by atoms with E-state index in [2.05, 4.69) is 16.0 Å². The van der Waals surface area contributed by atoms with Crippen molar-refractivity contribution in [2.24, 2.45) is 5.92 Å². The summed E-state index contributed by atoms with van der Waals surface area (Å²) < 4.78 is 50.3. The summed E-state index contributed by atoms with van der Waals surface area (Å²) in [4.78, 5) is 24.8. The van der Waals surface area contributed by atoms with Gasteiger partial charge in [-0.1, -0.05) is 0 Å². The first-order valence-electron chi connectivity index (χ1n) is 12.3. The summed E-state index contributed by atoms with van der Waals surface area (Å²) in [7, 11) is 0. The molecular formula is C26H28F3N3O5. The van der Waals surface area contributed by atoms with Gasteiger partial charge in [0.05, 0.1) is 24.7 Å². The number of fused-ring (bicyclic) bond motifs is 3. The molecule has 0 bridgehead atoms. The van der Waals surface area contributed by atoms with Gasteiger partial charge < -0.3 is 30.5 Å². The molecule has 3 aliphatic rings. The Hall–Kier alpha value is -3.31. The van der Waals surface area contributed by atoms with Crippen molar-refractivity contribution in [3.63, 3.8) is 0 Å². The predicted molar refractivity (Wildman–Crippen MR) is 128 cm³/mol. The van der Waals surface area contributed by atoms with Crippen LogP contribution in [-0.4, -0.2) is 48.5 Å². The number of rotatable bonds is 7. The van der Waals surface area contributed by atoms with Crippen molar-refractivity contribution in [1.82, 2.24) is 5.32 Å². The minimum atomic E-state index is -4.45. The number of hydrogen-bond donors (Lipinski definition) is 4. The minimum Gasteiger partial charge on any atom is -0.487 e. The van der Waals surface area contributed by atoms with Gasteiger partial charge in [0.25, 0.3) is 0 Å². The Morgan fingerprint density at radius 1 is 1.03 bits per heavy atom. The van der Waals surface area contributed by atoms with Crippen LogP contribution in [0.5, 0.6) is 5.75 Å². The van der Waals surface area contributed by atoms with Crippen molar-refractivity contribution in [1.29, 1.82) is 0 Å². The van der Waals surface area contributed by atoms with Crippen molar-refractivity contribution >= 4 is 23.3 Å². The predicted octanol–water partition coefficient (Wildman–Crippen LogP) is 4.26. The molecule has 37 heavy (non-hydrogen) atoms. The Balaban J connectivity index is 1.23. The van der Waals surface area contributed by atoms with Crippen molar-refractivity contribution < 1.29 is 37.3 Å². The number of amides is 3. The molecule has 0 radical (unpaired) electrons. The summed E-state index contributed by atoms with van der Waals surface area (Å²) >= 11 is 0. The number of alkyl halides is 3. The normalized spacial score (nSPS) is 24.4. The fourth-order valence-corrected chi connectivity index (χ4v) is 4.86. The second-order valence-corrected chi connectivity index (χ2v) is 9.76. The van der Waals surface area contributed by atoms with Crippen molar-refractivity contribution in [2.45, 2.75) is 56.1 Å². The van der Waals surface area contributed by atoms with Gasteiger partial charge in [0.2, 0.25) is 5.91 Å². The van der Waals surface area contributed by atoms with Crippen LogP contribution in [0.15, 0.2) is 42.5 Å². The number of nitrogens with one attached hydrogen (secondary N) is 3. The van der Waals surface area contributed by atoms with Crippen molar-refractivity contribution in [2.75, 3.05) is 23.8 Å². The number of carbonyl (C=O) groups excluding carboxylic acids is 2. The standard InChI is InChI=1S/C26H28F3N3O5/c27-26(28,29)15-3-5-16(6-4-15)31-25(35)32-17-7-8-21-19(9-17)20-10-18(36-22(13-33)24(20)37-21)11-23(34)30-12-14-1-2-14/h3-9,14,18,20,22,24,33H,1-2,10-13H2,(H,30,34)(H2,31,32,35)/t18-,20-,22-,24+/m0/s1. The summed E-state index contributed by atoms with van der Waals surface area (Å²) in [5.41, 5.74) is 0.719. The maximum atomic E-state index is 12.7. The topological polar surface area (TPSA) is 109 Å². The molecule has 11 heteroatoms. The molecule has 4 atom stereocenters. The number of ether oxygens (including phenoxy) is 2. The average molecular weight is 520 g/mol. The third kappa shape index (κ3) is 5.99. The molecule has 4 N–H and O–H groups in total. The summed E-state index contributed by atoms with van der Waals surface area (Å²) in [6.45, 7) is 0.423. The Bertz CT molecular complexity index is 1150. The number of aliphatic hydroxyl groups is 1. The van der Waals surface area contributed by atoms with Crippen LogP contribution >= 0.6 is 0 Å². The Labute approximate surface area is 211 Å². The summed E-state index contributed by atoms with van der Waals surface area (Å²) in [6.07, 6.45) is -2.85. The fraction of sp³-hybridized carbons (Fsp3) is 0.462. The first-order chi connectivity index (χ1) is 17.7. The molecule has 0 aromatic heterocycles. The highest BCUT2D eigenvalue weighted by Crippen LogP contribution is 2.47. The van der Waals surface area contributed by atoms with Gasteiger partial charge >= 0.3 is 12.2 Å². The Morgan fingerprint density at radius 2 is 1.73 bits per heavy atom. The maximum absolute atomic E-state index is 12.7. The molecular weight excluding hydrogens is 491 g/mol. The first-order valence-corrected chi connectivity index (χ1v) is 12.3. The third-order valence-electron chi connectivity index (χ3n) is 6.93. The van der Waals surface area contributed by atoms with E-state index < -0.39 is 30.0 Å². The summed E-state index contributed by atoms with van der Waals surface area (Å²) in [6, 6.07) is 8.69. The van der Waals surface area contributed by atoms with Gasteiger partial charge in [-0.3, -0.25) is 4.79 Å². The number of anilines is 2. The highest BCUT2D eigenvalue weighted by atomic mass is 19.4. The van der Waals surface area contributed by atoms with E-state index in [0.717, 1.165) is 30.5 Å². The van der Waals surface area contributed by atoms with Crippen LogP contribution < -0.4 is 20.7 Å². The van der Waals surface area contributed by atoms with Gasteiger partial charge in [-0.05, 0) is 67.6 Å². The molecule has 1 aliphatic carbocycles. The lowest BCUT2D eigenvalue weighted by Gasteiger charge is -2.37. The fourth-order valence-electron chi connectivity index (χ4n) is 4.86. The first kappa shape index (κ1) is 25.3. The van der Waals surface area contributed by atoms with E-state index in [9.17, 15) is 27.9 Å². The van der Waals surface area contributed by atoms with E-state index in [4.69, 9.17) is 9.47 Å². The zero-order valence-corrected chi connectivity index (χ0v) is 19.9. The SMILES string of the molecule is O=C(C[C@@H]1C[C@H]2c3cc(NC(=O)Nc4ccc(C(F)(F)F)cc4)ccc3O[C@H]2[C@H](CO)O1)NCC1CC1. The van der Waals surface area contributed by atoms with E-state index in [1.807, 2.05) is 0 Å². The molecule has 1 saturated carbocycles. The zero-order valence-electron chi connectivity index (χ0n) is 19.9. The number of benzene rings is 2. The molecule has 2 aromatic rings. The van der Waals surface area contributed by atoms with Gasteiger partial charge in [0.1, 0.15) is 18.0 Å². The molecule has 5 rings (SSSR count). The Morgan fingerprint density at radius 3 is 2.41 bits per heavy atom. The molecule has 1 saturated heterocycles. The lowest BCUT2D eigenvalue weighted by atomic mass is 9.84. The zero-order chi connectivity index (χ0) is 26.2. The van der Waals surface area contributed by atoms with Crippen LogP contribution in [0.4, 0.5) is 29.3 Å². The summed E-state index contributed by atoms with van der Waals surface area (Å²) in [5, 5.41) is 18.0. The lowest BCUT2D eigenvalue weighted by molar-refractivity contribution is -0.142. The van der Waals surface area contributed by atoms with Gasteiger partial charge in [-0.25, -0.2) is 4.79 Å². The quantitative estimate of drug-likeness (QED) is 0.437. The molecule has 198 valence electrons. The molecule has 0 unspecified atom stereocenters. The second kappa shape index (κ2) is 10.2. The molecule has 2 aliphatic heterocycles. The van der Waals surface area contributed by atoms with Crippen molar-refractivity contribution in [3.05, 3.63) is 53.6 Å². The molecule has 3 amide bonds. The smallest absolute Gasteiger partial charge is 0.416 e. The maximum Gasteiger partial charge on any atom is 0.416 e. The minimum absolute atomic E-state index is 0.0819. The van der Waals surface area contributed by atoms with Crippen LogP contribution in [0.25, 0.3) is 0 Å². The highest BCUT2D eigenvalue weighted by molar-refractivity contribution is 5.99. The van der Waals surface area contributed by atoms with Crippen LogP contribution in [0, 0.1) is 5.92 Å². The molecule has 2 heterocycles. The van der Waals surface area contributed by atoms with Crippen LogP contribution in [-0.2, 0) is 15.7 Å². The van der Waals surface area contributed by atoms with Gasteiger partial charge in [-0.15, -0.1) is 0 Å². The van der Waals surface area contributed by atoms with E-state index >= 15 is 0 Å². The van der Waals surface area contributed by atoms with E-state index in [-0.39, 0.29) is 36.6 Å². The second-order valence-electron chi connectivity index (χ2n) is 9.76. The number of halogens is 3. The summed E-state index contributed by atoms with van der Waals surface area (Å²) in [5.74, 6) is 0.969. The van der Waals surface area contributed by atoms with Gasteiger partial charge in [-0.2, -0.15) is 13.2 Å². The van der Waals surface area contributed by atoms with E-state index in [1.165, 1.54) is 12.1 Å².